The Labute approximate surface area is 167 Å². The first-order valence-electron chi connectivity index (χ1n) is 8.06. The molecule has 1 aromatic heterocycles. The van der Waals surface area contributed by atoms with E-state index in [0.717, 1.165) is 19.8 Å². The molecule has 26 heavy (non-hydrogen) atoms. The Morgan fingerprint density at radius 2 is 1.92 bits per heavy atom. The molecule has 2 heterocycles. The van der Waals surface area contributed by atoms with Crippen LogP contribution in [0, 0.1) is 5.82 Å². The second kappa shape index (κ2) is 7.13. The Morgan fingerprint density at radius 1 is 1.15 bits per heavy atom. The van der Waals surface area contributed by atoms with Gasteiger partial charge >= 0.3 is 0 Å². The van der Waals surface area contributed by atoms with E-state index in [2.05, 4.69) is 25.8 Å². The number of carbonyl (C=O) groups is 1. The summed E-state index contributed by atoms with van der Waals surface area (Å²) in [5, 5.41) is 1.31. The van der Waals surface area contributed by atoms with Crippen molar-refractivity contribution in [3.8, 4) is 0 Å². The van der Waals surface area contributed by atoms with E-state index in [9.17, 15) is 9.18 Å². The van der Waals surface area contributed by atoms with E-state index in [1.165, 1.54) is 23.5 Å². The summed E-state index contributed by atoms with van der Waals surface area (Å²) in [7, 11) is 0. The molecule has 0 bridgehead atoms. The normalized spacial score (nSPS) is 14.9. The van der Waals surface area contributed by atoms with Gasteiger partial charge in [-0.15, -0.1) is 0 Å². The molecule has 0 spiro atoms. The van der Waals surface area contributed by atoms with Crippen LogP contribution >= 0.6 is 38.9 Å². The van der Waals surface area contributed by atoms with Crippen LogP contribution in [0.2, 0.25) is 5.02 Å². The first-order chi connectivity index (χ1) is 12.5. The topological polar surface area (TPSA) is 36.4 Å². The first kappa shape index (κ1) is 17.7. The lowest BCUT2D eigenvalue weighted by atomic mass is 10.2. The largest absolute Gasteiger partial charge is 0.345 e. The second-order valence-corrected chi connectivity index (χ2v) is 8.34. The SMILES string of the molecule is O=C(c1cc(Br)ccc1Cl)N1CCN(c2nc3ccc(F)cc3s2)CC1. The predicted molar refractivity (Wildman–Crippen MR) is 107 cm³/mol. The zero-order chi connectivity index (χ0) is 18.3. The van der Waals surface area contributed by atoms with Gasteiger partial charge in [-0.3, -0.25) is 4.79 Å². The quantitative estimate of drug-likeness (QED) is 0.557. The number of benzene rings is 2. The molecule has 0 N–H and O–H groups in total. The third-order valence-electron chi connectivity index (χ3n) is 4.34. The van der Waals surface area contributed by atoms with Gasteiger partial charge in [0.15, 0.2) is 5.13 Å². The van der Waals surface area contributed by atoms with Crippen molar-refractivity contribution in [1.29, 1.82) is 0 Å². The molecule has 1 fully saturated rings. The molecule has 1 aliphatic rings. The van der Waals surface area contributed by atoms with Crippen molar-refractivity contribution in [2.45, 2.75) is 0 Å². The Bertz CT molecular complexity index is 988. The average Bonchev–Trinajstić information content (AvgIpc) is 3.06. The van der Waals surface area contributed by atoms with Crippen molar-refractivity contribution < 1.29 is 9.18 Å². The van der Waals surface area contributed by atoms with Gasteiger partial charge in [0.25, 0.3) is 5.91 Å². The zero-order valence-corrected chi connectivity index (χ0v) is 16.7. The molecular weight excluding hydrogens is 441 g/mol. The number of amides is 1. The van der Waals surface area contributed by atoms with E-state index in [1.807, 2.05) is 6.07 Å². The van der Waals surface area contributed by atoms with Crippen LogP contribution in [-0.4, -0.2) is 42.0 Å². The fourth-order valence-electron chi connectivity index (χ4n) is 2.95. The number of thiazole rings is 1. The minimum Gasteiger partial charge on any atom is -0.345 e. The lowest BCUT2D eigenvalue weighted by Crippen LogP contribution is -2.48. The van der Waals surface area contributed by atoms with Gasteiger partial charge in [-0.05, 0) is 36.4 Å². The molecule has 1 saturated heterocycles. The van der Waals surface area contributed by atoms with Crippen LogP contribution in [0.4, 0.5) is 9.52 Å². The van der Waals surface area contributed by atoms with Crippen LogP contribution in [0.25, 0.3) is 10.2 Å². The summed E-state index contributed by atoms with van der Waals surface area (Å²) in [6, 6.07) is 9.90. The maximum atomic E-state index is 13.4. The standard InChI is InChI=1S/C18H14BrClFN3OS/c19-11-1-3-14(20)13(9-11)17(25)23-5-7-24(8-6-23)18-22-15-4-2-12(21)10-16(15)26-18/h1-4,9-10H,5-8H2. The summed E-state index contributed by atoms with van der Waals surface area (Å²) in [6.45, 7) is 2.54. The van der Waals surface area contributed by atoms with Crippen molar-refractivity contribution in [1.82, 2.24) is 9.88 Å². The minimum absolute atomic E-state index is 0.0673. The molecule has 0 unspecified atom stereocenters. The number of fused-ring (bicyclic) bond motifs is 1. The summed E-state index contributed by atoms with van der Waals surface area (Å²) < 4.78 is 15.0. The van der Waals surface area contributed by atoms with Crippen molar-refractivity contribution in [3.05, 3.63) is 57.3 Å². The fourth-order valence-corrected chi connectivity index (χ4v) is 4.56. The van der Waals surface area contributed by atoms with Crippen molar-refractivity contribution in [2.75, 3.05) is 31.1 Å². The summed E-state index contributed by atoms with van der Waals surface area (Å²) in [5.41, 5.74) is 1.30. The van der Waals surface area contributed by atoms with Gasteiger partial charge in [0, 0.05) is 30.7 Å². The summed E-state index contributed by atoms with van der Waals surface area (Å²) in [6.07, 6.45) is 0. The van der Waals surface area contributed by atoms with Crippen molar-refractivity contribution in [3.63, 3.8) is 0 Å². The number of rotatable bonds is 2. The predicted octanol–water partition coefficient (Wildman–Crippen LogP) is 4.81. The molecular formula is C18H14BrClFN3OS. The molecule has 1 amide bonds. The molecule has 4 rings (SSSR count). The number of aromatic nitrogens is 1. The van der Waals surface area contributed by atoms with Crippen molar-refractivity contribution in [2.24, 2.45) is 0 Å². The highest BCUT2D eigenvalue weighted by Gasteiger charge is 2.25. The Hall–Kier alpha value is -1.70. The molecule has 134 valence electrons. The van der Waals surface area contributed by atoms with Gasteiger partial charge in [-0.1, -0.05) is 38.9 Å². The number of anilines is 1. The smallest absolute Gasteiger partial charge is 0.255 e. The maximum absolute atomic E-state index is 13.4. The summed E-state index contributed by atoms with van der Waals surface area (Å²) >= 11 is 11.0. The average molecular weight is 455 g/mol. The molecule has 0 saturated carbocycles. The van der Waals surface area contributed by atoms with E-state index in [1.54, 1.807) is 23.1 Å². The lowest BCUT2D eigenvalue weighted by molar-refractivity contribution is 0.0747. The van der Waals surface area contributed by atoms with Gasteiger partial charge in [0.2, 0.25) is 0 Å². The summed E-state index contributed by atoms with van der Waals surface area (Å²) in [4.78, 5) is 21.3. The van der Waals surface area contributed by atoms with E-state index >= 15 is 0 Å². The number of halogens is 3. The monoisotopic (exact) mass is 453 g/mol. The second-order valence-electron chi connectivity index (χ2n) is 6.01. The van der Waals surface area contributed by atoms with Crippen LogP contribution in [0.5, 0.6) is 0 Å². The first-order valence-corrected chi connectivity index (χ1v) is 10.1. The molecule has 0 aliphatic carbocycles. The number of carbonyl (C=O) groups excluding carboxylic acids is 1. The highest BCUT2D eigenvalue weighted by atomic mass is 79.9. The molecule has 2 aromatic carbocycles. The lowest BCUT2D eigenvalue weighted by Gasteiger charge is -2.34. The van der Waals surface area contributed by atoms with Gasteiger partial charge in [0.1, 0.15) is 5.82 Å². The van der Waals surface area contributed by atoms with Crippen LogP contribution in [0.1, 0.15) is 10.4 Å². The highest BCUT2D eigenvalue weighted by molar-refractivity contribution is 9.10. The third-order valence-corrected chi connectivity index (χ3v) is 6.24. The van der Waals surface area contributed by atoms with E-state index in [0.29, 0.717) is 36.8 Å². The maximum Gasteiger partial charge on any atom is 0.255 e. The fraction of sp³-hybridized carbons (Fsp3) is 0.222. The minimum atomic E-state index is -0.256. The van der Waals surface area contributed by atoms with E-state index in [4.69, 9.17) is 11.6 Å². The van der Waals surface area contributed by atoms with Crippen LogP contribution in [0.15, 0.2) is 40.9 Å². The Balaban J connectivity index is 1.48. The van der Waals surface area contributed by atoms with E-state index < -0.39 is 0 Å². The number of nitrogens with zero attached hydrogens (tertiary/aromatic N) is 3. The van der Waals surface area contributed by atoms with Crippen LogP contribution in [-0.2, 0) is 0 Å². The van der Waals surface area contributed by atoms with Crippen LogP contribution < -0.4 is 4.90 Å². The van der Waals surface area contributed by atoms with E-state index in [-0.39, 0.29) is 11.7 Å². The molecule has 1 aliphatic heterocycles. The molecule has 4 nitrogen and oxygen atoms in total. The highest BCUT2D eigenvalue weighted by Crippen LogP contribution is 2.30. The molecule has 0 atom stereocenters. The van der Waals surface area contributed by atoms with Crippen LogP contribution in [0.3, 0.4) is 0 Å². The number of hydrogen-bond donors (Lipinski definition) is 0. The number of hydrogen-bond acceptors (Lipinski definition) is 4. The summed E-state index contributed by atoms with van der Waals surface area (Å²) in [5.74, 6) is -0.323. The molecule has 0 radical (unpaired) electrons. The van der Waals surface area contributed by atoms with Gasteiger partial charge in [0.05, 0.1) is 20.8 Å². The third kappa shape index (κ3) is 3.43. The van der Waals surface area contributed by atoms with Gasteiger partial charge in [-0.2, -0.15) is 0 Å². The van der Waals surface area contributed by atoms with Crippen molar-refractivity contribution >= 4 is 60.1 Å². The molecule has 3 aromatic rings. The zero-order valence-electron chi connectivity index (χ0n) is 13.6. The number of piperazine rings is 1. The Kier molecular flexibility index (Phi) is 4.86. The van der Waals surface area contributed by atoms with Gasteiger partial charge in [-0.25, -0.2) is 9.37 Å². The Morgan fingerprint density at radius 3 is 2.69 bits per heavy atom. The molecule has 8 heteroatoms. The van der Waals surface area contributed by atoms with Gasteiger partial charge < -0.3 is 9.80 Å².